The predicted molar refractivity (Wildman–Crippen MR) is 113 cm³/mol. The van der Waals surface area contributed by atoms with Crippen LogP contribution in [0, 0.1) is 6.92 Å². The number of aryl methyl sites for hydroxylation is 2. The molecule has 28 heavy (non-hydrogen) atoms. The quantitative estimate of drug-likeness (QED) is 0.707. The van der Waals surface area contributed by atoms with Crippen molar-refractivity contribution in [1.29, 1.82) is 0 Å². The fourth-order valence-corrected chi connectivity index (χ4v) is 5.76. The van der Waals surface area contributed by atoms with Crippen LogP contribution >= 0.6 is 23.1 Å². The normalized spacial score (nSPS) is 19.6. The van der Waals surface area contributed by atoms with Gasteiger partial charge in [-0.1, -0.05) is 11.8 Å². The van der Waals surface area contributed by atoms with Gasteiger partial charge in [0.1, 0.15) is 4.34 Å². The average molecular weight is 415 g/mol. The average Bonchev–Trinajstić information content (AvgIpc) is 3.10. The summed E-state index contributed by atoms with van der Waals surface area (Å²) in [5.74, 6) is -0.101. The molecule has 2 heterocycles. The smallest absolute Gasteiger partial charge is 0.260 e. The van der Waals surface area contributed by atoms with Gasteiger partial charge in [0.15, 0.2) is 0 Å². The third-order valence-corrected chi connectivity index (χ3v) is 7.48. The number of rotatable bonds is 4. The van der Waals surface area contributed by atoms with E-state index in [1.165, 1.54) is 10.9 Å². The van der Waals surface area contributed by atoms with Crippen LogP contribution in [0.2, 0.25) is 0 Å². The Balaban J connectivity index is 1.36. The Labute approximate surface area is 171 Å². The standard InChI is InChI=1S/C20H22N4O2S2/c1-12-10-27-20(22-12)28-15-6-4-14(5-7-15)23-18(25)13-3-8-16-17(9-13)21-11-24(2)19(16)26/h3,8-11,14-15H,4-7H2,1-2H3,(H,23,25). The highest BCUT2D eigenvalue weighted by Gasteiger charge is 2.24. The van der Waals surface area contributed by atoms with E-state index in [0.29, 0.717) is 21.7 Å². The van der Waals surface area contributed by atoms with Gasteiger partial charge in [-0.25, -0.2) is 9.97 Å². The fourth-order valence-electron chi connectivity index (χ4n) is 3.47. The van der Waals surface area contributed by atoms with Crippen LogP contribution in [0.5, 0.6) is 0 Å². The van der Waals surface area contributed by atoms with Crippen molar-refractivity contribution in [2.24, 2.45) is 7.05 Å². The molecule has 1 N–H and O–H groups in total. The van der Waals surface area contributed by atoms with Gasteiger partial charge in [0.05, 0.1) is 17.2 Å². The van der Waals surface area contributed by atoms with Gasteiger partial charge in [-0.2, -0.15) is 0 Å². The molecule has 146 valence electrons. The summed E-state index contributed by atoms with van der Waals surface area (Å²) in [6.45, 7) is 2.02. The zero-order valence-electron chi connectivity index (χ0n) is 15.8. The summed E-state index contributed by atoms with van der Waals surface area (Å²) in [5.41, 5.74) is 2.07. The molecule has 0 atom stereocenters. The molecule has 0 aliphatic heterocycles. The van der Waals surface area contributed by atoms with Crippen LogP contribution < -0.4 is 10.9 Å². The summed E-state index contributed by atoms with van der Waals surface area (Å²) >= 11 is 3.57. The Hall–Kier alpha value is -2.19. The number of carbonyl (C=O) groups is 1. The molecule has 0 unspecified atom stereocenters. The van der Waals surface area contributed by atoms with Crippen LogP contribution in [0.3, 0.4) is 0 Å². The third-order valence-electron chi connectivity index (χ3n) is 5.06. The lowest BCUT2D eigenvalue weighted by molar-refractivity contribution is 0.0928. The number of nitrogens with one attached hydrogen (secondary N) is 1. The minimum absolute atomic E-state index is 0.101. The summed E-state index contributed by atoms with van der Waals surface area (Å²) in [6.07, 6.45) is 5.57. The highest BCUT2D eigenvalue weighted by atomic mass is 32.2. The molecular formula is C20H22N4O2S2. The maximum atomic E-state index is 12.6. The first-order valence-corrected chi connectivity index (χ1v) is 11.1. The molecule has 0 spiro atoms. The van der Waals surface area contributed by atoms with Crippen LogP contribution in [0.15, 0.2) is 39.0 Å². The number of thiazole rings is 1. The van der Waals surface area contributed by atoms with Crippen molar-refractivity contribution in [3.63, 3.8) is 0 Å². The Morgan fingerprint density at radius 1 is 1.29 bits per heavy atom. The molecule has 6 nitrogen and oxygen atoms in total. The van der Waals surface area contributed by atoms with Crippen molar-refractivity contribution < 1.29 is 4.79 Å². The van der Waals surface area contributed by atoms with Crippen molar-refractivity contribution in [2.45, 2.75) is 48.2 Å². The molecule has 0 bridgehead atoms. The number of aromatic nitrogens is 3. The van der Waals surface area contributed by atoms with Crippen LogP contribution in [0.1, 0.15) is 41.7 Å². The highest BCUT2D eigenvalue weighted by Crippen LogP contribution is 2.35. The van der Waals surface area contributed by atoms with E-state index in [4.69, 9.17) is 0 Å². The number of nitrogens with zero attached hydrogens (tertiary/aromatic N) is 3. The number of hydrogen-bond donors (Lipinski definition) is 1. The predicted octanol–water partition coefficient (Wildman–Crippen LogP) is 3.53. The van der Waals surface area contributed by atoms with Crippen LogP contribution in [-0.4, -0.2) is 31.7 Å². The monoisotopic (exact) mass is 414 g/mol. The summed E-state index contributed by atoms with van der Waals surface area (Å²) in [6, 6.07) is 5.27. The molecule has 1 aromatic carbocycles. The lowest BCUT2D eigenvalue weighted by Crippen LogP contribution is -2.38. The van der Waals surface area contributed by atoms with Gasteiger partial charge in [0, 0.05) is 35.0 Å². The van der Waals surface area contributed by atoms with E-state index >= 15 is 0 Å². The van der Waals surface area contributed by atoms with Gasteiger partial charge in [-0.3, -0.25) is 9.59 Å². The van der Waals surface area contributed by atoms with E-state index < -0.39 is 0 Å². The van der Waals surface area contributed by atoms with E-state index in [1.807, 2.05) is 18.7 Å². The topological polar surface area (TPSA) is 76.9 Å². The lowest BCUT2D eigenvalue weighted by atomic mass is 9.94. The molecular weight excluding hydrogens is 392 g/mol. The molecule has 0 saturated heterocycles. The number of amides is 1. The molecule has 3 aromatic rings. The molecule has 0 radical (unpaired) electrons. The van der Waals surface area contributed by atoms with Gasteiger partial charge in [-0.15, -0.1) is 11.3 Å². The van der Waals surface area contributed by atoms with E-state index in [9.17, 15) is 9.59 Å². The summed E-state index contributed by atoms with van der Waals surface area (Å²) < 4.78 is 2.57. The third kappa shape index (κ3) is 4.12. The second-order valence-corrected chi connectivity index (χ2v) is 9.62. The van der Waals surface area contributed by atoms with E-state index in [-0.39, 0.29) is 17.5 Å². The van der Waals surface area contributed by atoms with Crippen molar-refractivity contribution in [2.75, 3.05) is 0 Å². The zero-order valence-corrected chi connectivity index (χ0v) is 17.5. The first kappa shape index (κ1) is 19.1. The van der Waals surface area contributed by atoms with Crippen molar-refractivity contribution in [3.05, 3.63) is 51.5 Å². The number of carbonyl (C=O) groups excluding carboxylic acids is 1. The zero-order chi connectivity index (χ0) is 19.7. The van der Waals surface area contributed by atoms with E-state index in [2.05, 4.69) is 20.7 Å². The van der Waals surface area contributed by atoms with Gasteiger partial charge < -0.3 is 9.88 Å². The maximum Gasteiger partial charge on any atom is 0.260 e. The summed E-state index contributed by atoms with van der Waals surface area (Å²) in [5, 5.41) is 6.32. The Kier molecular flexibility index (Phi) is 5.50. The van der Waals surface area contributed by atoms with E-state index in [1.54, 1.807) is 36.6 Å². The van der Waals surface area contributed by atoms with Gasteiger partial charge in [0.2, 0.25) is 0 Å². The largest absolute Gasteiger partial charge is 0.349 e. The second kappa shape index (κ2) is 8.05. The lowest BCUT2D eigenvalue weighted by Gasteiger charge is -2.28. The number of fused-ring (bicyclic) bond motifs is 1. The second-order valence-electron chi connectivity index (χ2n) is 7.21. The Morgan fingerprint density at radius 3 is 2.79 bits per heavy atom. The van der Waals surface area contributed by atoms with Gasteiger partial charge in [0.25, 0.3) is 11.5 Å². The first-order chi connectivity index (χ1) is 13.5. The number of benzene rings is 1. The van der Waals surface area contributed by atoms with Gasteiger partial charge in [-0.05, 0) is 50.8 Å². The Morgan fingerprint density at radius 2 is 2.07 bits per heavy atom. The molecule has 1 aliphatic carbocycles. The van der Waals surface area contributed by atoms with Crippen molar-refractivity contribution in [3.8, 4) is 0 Å². The van der Waals surface area contributed by atoms with Crippen LogP contribution in [0.4, 0.5) is 0 Å². The molecule has 1 aliphatic rings. The summed E-state index contributed by atoms with van der Waals surface area (Å²) in [4.78, 5) is 33.5. The SMILES string of the molecule is Cc1csc(SC2CCC(NC(=O)c3ccc4c(=O)n(C)cnc4c3)CC2)n1. The van der Waals surface area contributed by atoms with E-state index in [0.717, 1.165) is 35.7 Å². The molecule has 1 saturated carbocycles. The minimum atomic E-state index is -0.108. The fraction of sp³-hybridized carbons (Fsp3) is 0.400. The van der Waals surface area contributed by atoms with Crippen molar-refractivity contribution in [1.82, 2.24) is 19.9 Å². The number of hydrogen-bond acceptors (Lipinski definition) is 6. The minimum Gasteiger partial charge on any atom is -0.349 e. The molecule has 1 amide bonds. The first-order valence-electron chi connectivity index (χ1n) is 9.34. The molecule has 4 rings (SSSR count). The van der Waals surface area contributed by atoms with Crippen LogP contribution in [0.25, 0.3) is 10.9 Å². The molecule has 8 heteroatoms. The molecule has 1 fully saturated rings. The number of thioether (sulfide) groups is 1. The maximum absolute atomic E-state index is 12.6. The van der Waals surface area contributed by atoms with Gasteiger partial charge >= 0.3 is 0 Å². The van der Waals surface area contributed by atoms with Crippen molar-refractivity contribution >= 4 is 39.9 Å². The van der Waals surface area contributed by atoms with Crippen LogP contribution in [-0.2, 0) is 7.05 Å². The molecule has 2 aromatic heterocycles. The summed E-state index contributed by atoms with van der Waals surface area (Å²) in [7, 11) is 1.67. The Bertz CT molecular complexity index is 1070. The highest BCUT2D eigenvalue weighted by molar-refractivity contribution is 8.01.